The van der Waals surface area contributed by atoms with Crippen molar-refractivity contribution >= 4 is 15.7 Å². The number of aromatic nitrogens is 1. The molecule has 3 rings (SSSR count). The van der Waals surface area contributed by atoms with Crippen molar-refractivity contribution in [1.82, 2.24) is 4.98 Å². The van der Waals surface area contributed by atoms with Crippen LogP contribution in [-0.4, -0.2) is 19.7 Å². The molecule has 2 aromatic carbocycles. The van der Waals surface area contributed by atoms with Crippen molar-refractivity contribution in [3.63, 3.8) is 0 Å². The molecule has 0 spiro atoms. The summed E-state index contributed by atoms with van der Waals surface area (Å²) in [6, 6.07) is 14.0. The van der Waals surface area contributed by atoms with E-state index in [4.69, 9.17) is 4.74 Å². The molecule has 0 saturated heterocycles. The van der Waals surface area contributed by atoms with Crippen molar-refractivity contribution in [3.8, 4) is 11.5 Å². The molecule has 9 heteroatoms. The monoisotopic (exact) mass is 422 g/mol. The first-order valence-electron chi connectivity index (χ1n) is 8.45. The lowest BCUT2D eigenvalue weighted by Gasteiger charge is -2.22. The normalized spacial score (nSPS) is 11.9. The summed E-state index contributed by atoms with van der Waals surface area (Å²) in [5.74, 6) is 0.311. The van der Waals surface area contributed by atoms with Gasteiger partial charge >= 0.3 is 6.18 Å². The van der Waals surface area contributed by atoms with Gasteiger partial charge in [-0.25, -0.2) is 8.42 Å². The van der Waals surface area contributed by atoms with Crippen LogP contribution in [0.5, 0.6) is 11.5 Å². The van der Waals surface area contributed by atoms with Gasteiger partial charge in [-0.2, -0.15) is 13.2 Å². The van der Waals surface area contributed by atoms with Gasteiger partial charge in [-0.15, -0.1) is 0 Å². The molecule has 3 aromatic rings. The van der Waals surface area contributed by atoms with E-state index in [2.05, 4.69) is 4.98 Å². The van der Waals surface area contributed by atoms with Crippen molar-refractivity contribution in [2.75, 3.05) is 10.6 Å². The molecule has 0 aliphatic heterocycles. The average Bonchev–Trinajstić information content (AvgIpc) is 2.66. The first-order valence-corrected chi connectivity index (χ1v) is 10.3. The Hall–Kier alpha value is -3.07. The highest BCUT2D eigenvalue weighted by Crippen LogP contribution is 2.33. The first kappa shape index (κ1) is 20.7. The number of hydrogen-bond acceptors (Lipinski definition) is 4. The number of halogens is 3. The quantitative estimate of drug-likeness (QED) is 0.569. The summed E-state index contributed by atoms with van der Waals surface area (Å²) in [6.45, 7) is 0.0977. The highest BCUT2D eigenvalue weighted by molar-refractivity contribution is 7.92. The van der Waals surface area contributed by atoms with Crippen molar-refractivity contribution in [1.29, 1.82) is 0 Å². The maximum Gasteiger partial charge on any atom is 0.416 e. The Morgan fingerprint density at radius 3 is 2.31 bits per heavy atom. The van der Waals surface area contributed by atoms with E-state index >= 15 is 0 Å². The number of pyridine rings is 1. The standard InChI is InChI=1S/C20H17F3N2O3S/c1-29(26,27)25(14-15-4-3-11-24-13-15)17-7-9-18(10-8-17)28-19-6-2-5-16(12-19)20(21,22)23/h2-13H,14H2,1H3. The Kier molecular flexibility index (Phi) is 5.78. The van der Waals surface area contributed by atoms with Gasteiger partial charge in [0.1, 0.15) is 11.5 Å². The van der Waals surface area contributed by atoms with E-state index in [1.165, 1.54) is 40.7 Å². The molecule has 0 aliphatic rings. The summed E-state index contributed by atoms with van der Waals surface area (Å²) >= 11 is 0. The van der Waals surface area contributed by atoms with Crippen molar-refractivity contribution in [2.45, 2.75) is 12.7 Å². The SMILES string of the molecule is CS(=O)(=O)N(Cc1cccnc1)c1ccc(Oc2cccc(C(F)(F)F)c2)cc1. The van der Waals surface area contributed by atoms with Crippen molar-refractivity contribution < 1.29 is 26.3 Å². The third-order valence-electron chi connectivity index (χ3n) is 3.97. The number of nitrogens with zero attached hydrogens (tertiary/aromatic N) is 2. The fraction of sp³-hybridized carbons (Fsp3) is 0.150. The van der Waals surface area contributed by atoms with Crippen LogP contribution in [0.15, 0.2) is 73.1 Å². The van der Waals surface area contributed by atoms with Crippen LogP contribution in [-0.2, 0) is 22.7 Å². The molecule has 0 atom stereocenters. The van der Waals surface area contributed by atoms with E-state index in [9.17, 15) is 21.6 Å². The molecule has 29 heavy (non-hydrogen) atoms. The van der Waals surface area contributed by atoms with Gasteiger partial charge in [0, 0.05) is 12.4 Å². The Balaban J connectivity index is 1.81. The van der Waals surface area contributed by atoms with Crippen molar-refractivity contribution in [3.05, 3.63) is 84.2 Å². The molecule has 152 valence electrons. The molecular weight excluding hydrogens is 405 g/mol. The third kappa shape index (κ3) is 5.47. The molecule has 1 heterocycles. The fourth-order valence-corrected chi connectivity index (χ4v) is 3.50. The predicted molar refractivity (Wildman–Crippen MR) is 103 cm³/mol. The molecule has 5 nitrogen and oxygen atoms in total. The minimum absolute atomic E-state index is 0.0305. The second-order valence-corrected chi connectivity index (χ2v) is 8.16. The maximum absolute atomic E-state index is 12.8. The number of alkyl halides is 3. The molecule has 1 aromatic heterocycles. The summed E-state index contributed by atoms with van der Waals surface area (Å²) in [5, 5.41) is 0. The largest absolute Gasteiger partial charge is 0.457 e. The van der Waals surface area contributed by atoms with Crippen molar-refractivity contribution in [2.24, 2.45) is 0 Å². The van der Waals surface area contributed by atoms with Crippen LogP contribution >= 0.6 is 0 Å². The molecule has 0 N–H and O–H groups in total. The number of benzene rings is 2. The summed E-state index contributed by atoms with van der Waals surface area (Å²) in [6.07, 6.45) is -0.209. The molecular formula is C20H17F3N2O3S. The zero-order chi connectivity index (χ0) is 21.1. The second-order valence-electron chi connectivity index (χ2n) is 6.25. The Labute approximate surface area is 166 Å². The smallest absolute Gasteiger partial charge is 0.416 e. The average molecular weight is 422 g/mol. The molecule has 0 unspecified atom stereocenters. The van der Waals surface area contributed by atoms with Crippen LogP contribution in [0.1, 0.15) is 11.1 Å². The predicted octanol–water partition coefficient (Wildman–Crippen LogP) is 4.86. The minimum atomic E-state index is -4.47. The van der Waals surface area contributed by atoms with Crippen LogP contribution in [0.25, 0.3) is 0 Å². The third-order valence-corrected chi connectivity index (χ3v) is 5.11. The van der Waals surface area contributed by atoms with E-state index in [0.717, 1.165) is 18.4 Å². The lowest BCUT2D eigenvalue weighted by molar-refractivity contribution is -0.137. The summed E-state index contributed by atoms with van der Waals surface area (Å²) < 4.78 is 69.6. The fourth-order valence-electron chi connectivity index (χ4n) is 2.61. The minimum Gasteiger partial charge on any atom is -0.457 e. The van der Waals surface area contributed by atoms with E-state index < -0.39 is 21.8 Å². The van der Waals surface area contributed by atoms with Gasteiger partial charge in [0.15, 0.2) is 0 Å². The number of ether oxygens (including phenoxy) is 1. The van der Waals surface area contributed by atoms with E-state index in [1.807, 2.05) is 0 Å². The molecule has 0 radical (unpaired) electrons. The second kappa shape index (κ2) is 8.12. The maximum atomic E-state index is 12.8. The van der Waals surface area contributed by atoms with Crippen LogP contribution in [0.3, 0.4) is 0 Å². The summed E-state index contributed by atoms with van der Waals surface area (Å²) in [5.41, 5.74) is 0.293. The van der Waals surface area contributed by atoms with Gasteiger partial charge in [0.05, 0.1) is 24.1 Å². The zero-order valence-electron chi connectivity index (χ0n) is 15.3. The molecule has 0 saturated carbocycles. The van der Waals surface area contributed by atoms with Gasteiger partial charge in [-0.3, -0.25) is 9.29 Å². The number of hydrogen-bond donors (Lipinski definition) is 0. The van der Waals surface area contributed by atoms with Gasteiger partial charge in [0.25, 0.3) is 0 Å². The first-order chi connectivity index (χ1) is 13.6. The summed E-state index contributed by atoms with van der Waals surface area (Å²) in [4.78, 5) is 3.98. The van der Waals surface area contributed by atoms with Crippen LogP contribution in [0.4, 0.5) is 18.9 Å². The van der Waals surface area contributed by atoms with E-state index in [0.29, 0.717) is 11.3 Å². The molecule has 0 amide bonds. The Bertz CT molecular complexity index is 1070. The number of sulfonamides is 1. The van der Waals surface area contributed by atoms with Gasteiger partial charge in [-0.1, -0.05) is 12.1 Å². The number of rotatable bonds is 6. The van der Waals surface area contributed by atoms with Crippen LogP contribution < -0.4 is 9.04 Å². The van der Waals surface area contributed by atoms with E-state index in [-0.39, 0.29) is 18.0 Å². The van der Waals surface area contributed by atoms with E-state index in [1.54, 1.807) is 24.5 Å². The van der Waals surface area contributed by atoms with Crippen LogP contribution in [0, 0.1) is 0 Å². The van der Waals surface area contributed by atoms with Gasteiger partial charge in [0.2, 0.25) is 10.0 Å². The van der Waals surface area contributed by atoms with Gasteiger partial charge < -0.3 is 4.74 Å². The number of anilines is 1. The van der Waals surface area contributed by atoms with Crippen LogP contribution in [0.2, 0.25) is 0 Å². The Morgan fingerprint density at radius 2 is 1.72 bits per heavy atom. The Morgan fingerprint density at radius 1 is 1.00 bits per heavy atom. The highest BCUT2D eigenvalue weighted by atomic mass is 32.2. The van der Waals surface area contributed by atoms with Gasteiger partial charge in [-0.05, 0) is 54.1 Å². The zero-order valence-corrected chi connectivity index (χ0v) is 16.1. The lowest BCUT2D eigenvalue weighted by atomic mass is 10.2. The molecule has 0 aliphatic carbocycles. The molecule has 0 fully saturated rings. The topological polar surface area (TPSA) is 59.5 Å². The summed E-state index contributed by atoms with van der Waals surface area (Å²) in [7, 11) is -3.57. The molecule has 0 bridgehead atoms. The lowest BCUT2D eigenvalue weighted by Crippen LogP contribution is -2.29. The highest BCUT2D eigenvalue weighted by Gasteiger charge is 2.30.